The monoisotopic (exact) mass is 291 g/mol. The zero-order chi connectivity index (χ0) is 14.9. The van der Waals surface area contributed by atoms with Gasteiger partial charge >= 0.3 is 8.80 Å². The summed E-state index contributed by atoms with van der Waals surface area (Å²) in [7, 11) is 2.65. The van der Waals surface area contributed by atoms with Crippen LogP contribution in [0.4, 0.5) is 0 Å². The van der Waals surface area contributed by atoms with Crippen molar-refractivity contribution in [1.82, 2.24) is 4.90 Å². The highest BCUT2D eigenvalue weighted by Gasteiger charge is 2.37. The Bertz CT molecular complexity index is 202. The molecule has 0 bridgehead atoms. The predicted octanol–water partition coefficient (Wildman–Crippen LogP) is 2.87. The van der Waals surface area contributed by atoms with Crippen molar-refractivity contribution in [3.63, 3.8) is 0 Å². The minimum atomic E-state index is -2.39. The zero-order valence-corrected chi connectivity index (χ0v) is 14.9. The molecule has 0 aliphatic carbocycles. The lowest BCUT2D eigenvalue weighted by Gasteiger charge is -2.28. The third-order valence-corrected chi connectivity index (χ3v) is 5.97. The average molecular weight is 292 g/mol. The molecule has 19 heavy (non-hydrogen) atoms. The van der Waals surface area contributed by atoms with Crippen LogP contribution >= 0.6 is 0 Å². The van der Waals surface area contributed by atoms with E-state index in [1.165, 1.54) is 0 Å². The molecule has 0 N–H and O–H groups in total. The highest BCUT2D eigenvalue weighted by atomic mass is 28.4. The molecule has 0 saturated heterocycles. The van der Waals surface area contributed by atoms with Gasteiger partial charge in [-0.15, -0.1) is 0 Å². The average Bonchev–Trinajstić information content (AvgIpc) is 2.33. The molecule has 0 aliphatic rings. The summed E-state index contributed by atoms with van der Waals surface area (Å²) >= 11 is 0. The molecule has 0 heterocycles. The highest BCUT2D eigenvalue weighted by molar-refractivity contribution is 6.60. The second-order valence-corrected chi connectivity index (χ2v) is 9.04. The summed E-state index contributed by atoms with van der Waals surface area (Å²) in [6, 6.07) is 0.878. The van der Waals surface area contributed by atoms with E-state index in [0.717, 1.165) is 32.1 Å². The van der Waals surface area contributed by atoms with Crippen LogP contribution in [0.5, 0.6) is 0 Å². The van der Waals surface area contributed by atoms with Crippen LogP contribution in [0.15, 0.2) is 0 Å². The molecule has 0 spiro atoms. The Kier molecular flexibility index (Phi) is 9.91. The van der Waals surface area contributed by atoms with Gasteiger partial charge < -0.3 is 18.2 Å². The normalized spacial score (nSPS) is 12.9. The minimum Gasteiger partial charge on any atom is -0.377 e. The van der Waals surface area contributed by atoms with Crippen molar-refractivity contribution in [1.29, 1.82) is 0 Å². The molecule has 116 valence electrons. The van der Waals surface area contributed by atoms with E-state index in [9.17, 15) is 0 Å². The van der Waals surface area contributed by atoms with E-state index in [1.807, 2.05) is 0 Å². The molecule has 4 nitrogen and oxygen atoms in total. The van der Waals surface area contributed by atoms with Gasteiger partial charge in [0.05, 0.1) is 0 Å². The second kappa shape index (κ2) is 9.88. The van der Waals surface area contributed by atoms with Crippen molar-refractivity contribution in [2.24, 2.45) is 11.8 Å². The van der Waals surface area contributed by atoms with E-state index < -0.39 is 8.80 Å². The molecule has 0 aromatic carbocycles. The Hall–Kier alpha value is 0.0569. The molecule has 0 aromatic heterocycles. The molecule has 0 radical (unpaired) electrons. The Labute approximate surface area is 120 Å². The van der Waals surface area contributed by atoms with Crippen molar-refractivity contribution < 1.29 is 13.3 Å². The van der Waals surface area contributed by atoms with Crippen molar-refractivity contribution in [2.75, 3.05) is 41.0 Å². The molecule has 0 atom stereocenters. The van der Waals surface area contributed by atoms with Crippen LogP contribution in [0.1, 0.15) is 34.1 Å². The van der Waals surface area contributed by atoms with Gasteiger partial charge in [0.25, 0.3) is 0 Å². The fourth-order valence-electron chi connectivity index (χ4n) is 2.37. The molecule has 0 rings (SSSR count). The Morgan fingerprint density at radius 2 is 1.26 bits per heavy atom. The quantitative estimate of drug-likeness (QED) is 0.548. The largest absolute Gasteiger partial charge is 0.500 e. The lowest BCUT2D eigenvalue weighted by Crippen LogP contribution is -2.43. The maximum absolute atomic E-state index is 5.46. The van der Waals surface area contributed by atoms with E-state index in [4.69, 9.17) is 13.3 Å². The second-order valence-electron chi connectivity index (χ2n) is 5.95. The maximum Gasteiger partial charge on any atom is 0.500 e. The van der Waals surface area contributed by atoms with Crippen molar-refractivity contribution >= 4 is 8.80 Å². The number of hydrogen-bond acceptors (Lipinski definition) is 4. The number of nitrogens with zero attached hydrogens (tertiary/aromatic N) is 1. The summed E-state index contributed by atoms with van der Waals surface area (Å²) < 4.78 is 16.4. The molecule has 5 heteroatoms. The zero-order valence-electron chi connectivity index (χ0n) is 13.9. The maximum atomic E-state index is 5.46. The van der Waals surface area contributed by atoms with Gasteiger partial charge in [0, 0.05) is 40.5 Å². The fraction of sp³-hybridized carbons (Fsp3) is 1.00. The first-order chi connectivity index (χ1) is 8.89. The van der Waals surface area contributed by atoms with E-state index in [1.54, 1.807) is 21.3 Å². The van der Waals surface area contributed by atoms with E-state index in [-0.39, 0.29) is 0 Å². The van der Waals surface area contributed by atoms with Crippen LogP contribution in [0.2, 0.25) is 6.04 Å². The topological polar surface area (TPSA) is 30.9 Å². The summed E-state index contributed by atoms with van der Waals surface area (Å²) in [5.41, 5.74) is 0. The van der Waals surface area contributed by atoms with Crippen LogP contribution in [-0.4, -0.2) is 54.7 Å². The van der Waals surface area contributed by atoms with Crippen molar-refractivity contribution in [3.05, 3.63) is 0 Å². The molecular formula is C14H33NO3Si. The van der Waals surface area contributed by atoms with Gasteiger partial charge in [0.1, 0.15) is 0 Å². The Morgan fingerprint density at radius 1 is 0.842 bits per heavy atom. The first-order valence-electron chi connectivity index (χ1n) is 7.27. The Morgan fingerprint density at radius 3 is 1.58 bits per heavy atom. The summed E-state index contributed by atoms with van der Waals surface area (Å²) in [5, 5.41) is 0. The van der Waals surface area contributed by atoms with Crippen LogP contribution in [0.25, 0.3) is 0 Å². The van der Waals surface area contributed by atoms with Gasteiger partial charge in [-0.3, -0.25) is 0 Å². The first-order valence-corrected chi connectivity index (χ1v) is 9.20. The molecule has 0 aromatic rings. The van der Waals surface area contributed by atoms with Crippen molar-refractivity contribution in [3.8, 4) is 0 Å². The summed E-state index contributed by atoms with van der Waals surface area (Å²) in [4.78, 5) is 2.54. The molecular weight excluding hydrogens is 258 g/mol. The third-order valence-electron chi connectivity index (χ3n) is 3.14. The van der Waals surface area contributed by atoms with Crippen LogP contribution in [0.3, 0.4) is 0 Å². The lowest BCUT2D eigenvalue weighted by atomic mass is 10.1. The van der Waals surface area contributed by atoms with Crippen LogP contribution in [-0.2, 0) is 13.3 Å². The standard InChI is InChI=1S/C14H33NO3Si/c1-13(2)11-15(12-14(3)4)9-8-10-19(16-5,17-6)18-7/h13-14H,8-12H2,1-7H3. The van der Waals surface area contributed by atoms with Gasteiger partial charge in [-0.25, -0.2) is 0 Å². The van der Waals surface area contributed by atoms with Gasteiger partial charge in [-0.05, 0) is 24.8 Å². The molecule has 0 fully saturated rings. The molecule has 0 saturated carbocycles. The van der Waals surface area contributed by atoms with Gasteiger partial charge in [-0.1, -0.05) is 27.7 Å². The number of rotatable bonds is 11. The van der Waals surface area contributed by atoms with Crippen molar-refractivity contribution in [2.45, 2.75) is 40.2 Å². The van der Waals surface area contributed by atoms with E-state index in [2.05, 4.69) is 32.6 Å². The minimum absolute atomic E-state index is 0.702. The fourth-order valence-corrected chi connectivity index (χ4v) is 4.07. The van der Waals surface area contributed by atoms with Crippen LogP contribution < -0.4 is 0 Å². The highest BCUT2D eigenvalue weighted by Crippen LogP contribution is 2.16. The lowest BCUT2D eigenvalue weighted by molar-refractivity contribution is 0.120. The van der Waals surface area contributed by atoms with Gasteiger partial charge in [0.15, 0.2) is 0 Å². The summed E-state index contributed by atoms with van der Waals surface area (Å²) in [6.07, 6.45) is 1.06. The van der Waals surface area contributed by atoms with Crippen LogP contribution in [0, 0.1) is 11.8 Å². The smallest absolute Gasteiger partial charge is 0.377 e. The third kappa shape index (κ3) is 8.04. The number of hydrogen-bond donors (Lipinski definition) is 0. The van der Waals surface area contributed by atoms with Gasteiger partial charge in [0.2, 0.25) is 0 Å². The van der Waals surface area contributed by atoms with E-state index in [0.29, 0.717) is 11.8 Å². The SMILES string of the molecule is CO[Si](CCCN(CC(C)C)CC(C)C)(OC)OC. The Balaban J connectivity index is 4.23. The summed E-state index contributed by atoms with van der Waals surface area (Å²) in [6.45, 7) is 12.5. The molecule has 0 aliphatic heterocycles. The summed E-state index contributed by atoms with van der Waals surface area (Å²) in [5.74, 6) is 1.40. The van der Waals surface area contributed by atoms with Gasteiger partial charge in [-0.2, -0.15) is 0 Å². The predicted molar refractivity (Wildman–Crippen MR) is 82.3 cm³/mol. The first kappa shape index (κ1) is 19.1. The molecule has 0 amide bonds. The molecule has 0 unspecified atom stereocenters. The van der Waals surface area contributed by atoms with E-state index >= 15 is 0 Å².